The Hall–Kier alpha value is -1.36. The molecular formula is C11H23N3O2. The average Bonchev–Trinajstić information content (AvgIpc) is 2.10. The van der Waals surface area contributed by atoms with Crippen molar-refractivity contribution in [3.63, 3.8) is 0 Å². The van der Waals surface area contributed by atoms with Crippen molar-refractivity contribution in [2.24, 2.45) is 16.5 Å². The van der Waals surface area contributed by atoms with Gasteiger partial charge >= 0.3 is 5.97 Å². The fraction of sp³-hybridized carbons (Fsp3) is 0.636. The summed E-state index contributed by atoms with van der Waals surface area (Å²) in [5.41, 5.74) is 9.72. The summed E-state index contributed by atoms with van der Waals surface area (Å²) in [6, 6.07) is 0. The third-order valence-electron chi connectivity index (χ3n) is 1.93. The molecule has 0 bridgehead atoms. The number of carboxylic acids is 1. The van der Waals surface area contributed by atoms with Crippen molar-refractivity contribution in [2.75, 3.05) is 6.54 Å². The van der Waals surface area contributed by atoms with Crippen molar-refractivity contribution in [2.45, 2.75) is 39.7 Å². The molecule has 0 amide bonds. The Morgan fingerprint density at radius 1 is 1.50 bits per heavy atom. The molecule has 0 aromatic rings. The second kappa shape index (κ2) is 7.87. The summed E-state index contributed by atoms with van der Waals surface area (Å²) >= 11 is 0. The standard InChI is InChI=1S/C10H19N3O2.CH4/c1-8(11)13-7-5-3-4-6-10(2,12)9(14)15;/h3,5H,4,6-7,12H2,1-2H3,(H2,11,13)(H,14,15);1H4/b5-3-;/t10-;/m0./s1. The lowest BCUT2D eigenvalue weighted by Gasteiger charge is -2.17. The molecule has 16 heavy (non-hydrogen) atoms. The smallest absolute Gasteiger partial charge is 0.323 e. The van der Waals surface area contributed by atoms with Gasteiger partial charge < -0.3 is 16.6 Å². The minimum absolute atomic E-state index is 0. The molecule has 0 heterocycles. The van der Waals surface area contributed by atoms with Crippen molar-refractivity contribution in [1.82, 2.24) is 0 Å². The summed E-state index contributed by atoms with van der Waals surface area (Å²) in [7, 11) is 0. The first-order valence-corrected chi connectivity index (χ1v) is 4.80. The molecular weight excluding hydrogens is 206 g/mol. The van der Waals surface area contributed by atoms with E-state index in [1.807, 2.05) is 12.2 Å². The van der Waals surface area contributed by atoms with Crippen molar-refractivity contribution in [3.8, 4) is 0 Å². The molecule has 0 aliphatic carbocycles. The minimum atomic E-state index is -1.16. The van der Waals surface area contributed by atoms with E-state index < -0.39 is 11.5 Å². The highest BCUT2D eigenvalue weighted by Crippen LogP contribution is 2.09. The highest BCUT2D eigenvalue weighted by atomic mass is 16.4. The van der Waals surface area contributed by atoms with Gasteiger partial charge in [-0.15, -0.1) is 0 Å². The zero-order valence-corrected chi connectivity index (χ0v) is 9.23. The molecule has 1 atom stereocenters. The Balaban J connectivity index is 0. The summed E-state index contributed by atoms with van der Waals surface area (Å²) < 4.78 is 0. The number of aliphatic imine (C=N–C) groups is 1. The predicted molar refractivity (Wildman–Crippen MR) is 67.5 cm³/mol. The molecule has 0 radical (unpaired) electrons. The molecule has 5 nitrogen and oxygen atoms in total. The van der Waals surface area contributed by atoms with Crippen LogP contribution in [0.2, 0.25) is 0 Å². The number of nitrogens with zero attached hydrogens (tertiary/aromatic N) is 1. The maximum Gasteiger partial charge on any atom is 0.323 e. The highest BCUT2D eigenvalue weighted by Gasteiger charge is 2.26. The highest BCUT2D eigenvalue weighted by molar-refractivity contribution is 5.78. The van der Waals surface area contributed by atoms with Crippen molar-refractivity contribution in [3.05, 3.63) is 12.2 Å². The van der Waals surface area contributed by atoms with Crippen molar-refractivity contribution in [1.29, 1.82) is 0 Å². The van der Waals surface area contributed by atoms with Gasteiger partial charge in [-0.25, -0.2) is 0 Å². The first-order chi connectivity index (χ1) is 6.86. The van der Waals surface area contributed by atoms with Gasteiger partial charge in [0.25, 0.3) is 0 Å². The number of amidine groups is 1. The Morgan fingerprint density at radius 2 is 2.06 bits per heavy atom. The van der Waals surface area contributed by atoms with E-state index in [-0.39, 0.29) is 7.43 Å². The van der Waals surface area contributed by atoms with E-state index in [0.717, 1.165) is 0 Å². The third kappa shape index (κ3) is 7.99. The third-order valence-corrected chi connectivity index (χ3v) is 1.93. The number of allylic oxidation sites excluding steroid dienone is 1. The number of carboxylic acid groups (broad SMARTS) is 1. The molecule has 0 spiro atoms. The molecule has 0 aromatic heterocycles. The number of carbonyl (C=O) groups is 1. The zero-order chi connectivity index (χ0) is 11.9. The van der Waals surface area contributed by atoms with Crippen LogP contribution >= 0.6 is 0 Å². The Bertz CT molecular complexity index is 266. The fourth-order valence-electron chi connectivity index (χ4n) is 0.879. The summed E-state index contributed by atoms with van der Waals surface area (Å²) in [5, 5.41) is 8.73. The number of hydrogen-bond acceptors (Lipinski definition) is 3. The van der Waals surface area contributed by atoms with Gasteiger partial charge in [0.1, 0.15) is 5.54 Å². The van der Waals surface area contributed by atoms with Gasteiger partial charge in [0.2, 0.25) is 0 Å². The van der Waals surface area contributed by atoms with Gasteiger partial charge in [0.05, 0.1) is 12.4 Å². The molecule has 5 N–H and O–H groups in total. The molecule has 5 heteroatoms. The quantitative estimate of drug-likeness (QED) is 0.361. The molecule has 0 saturated heterocycles. The first-order valence-electron chi connectivity index (χ1n) is 4.80. The first kappa shape index (κ1) is 17.0. The van der Waals surface area contributed by atoms with E-state index in [4.69, 9.17) is 16.6 Å². The topological polar surface area (TPSA) is 102 Å². The fourth-order valence-corrected chi connectivity index (χ4v) is 0.879. The predicted octanol–water partition coefficient (Wildman–Crippen LogP) is 1.14. The molecule has 0 unspecified atom stereocenters. The van der Waals surface area contributed by atoms with Gasteiger partial charge in [-0.1, -0.05) is 19.6 Å². The zero-order valence-electron chi connectivity index (χ0n) is 9.23. The van der Waals surface area contributed by atoms with Crippen LogP contribution in [0.4, 0.5) is 0 Å². The number of nitrogens with two attached hydrogens (primary N) is 2. The second-order valence-corrected chi connectivity index (χ2v) is 3.71. The van der Waals surface area contributed by atoms with Gasteiger partial charge in [0.15, 0.2) is 0 Å². The van der Waals surface area contributed by atoms with E-state index in [1.165, 1.54) is 6.92 Å². The largest absolute Gasteiger partial charge is 0.480 e. The van der Waals surface area contributed by atoms with Gasteiger partial charge in [-0.3, -0.25) is 9.79 Å². The average molecular weight is 229 g/mol. The van der Waals surface area contributed by atoms with E-state index in [0.29, 0.717) is 25.2 Å². The van der Waals surface area contributed by atoms with E-state index in [9.17, 15) is 4.79 Å². The van der Waals surface area contributed by atoms with Crippen LogP contribution in [0.15, 0.2) is 17.1 Å². The monoisotopic (exact) mass is 229 g/mol. The summed E-state index contributed by atoms with van der Waals surface area (Å²) in [5.74, 6) is -0.444. The van der Waals surface area contributed by atoms with Gasteiger partial charge in [0, 0.05) is 0 Å². The second-order valence-electron chi connectivity index (χ2n) is 3.71. The lowest BCUT2D eigenvalue weighted by Crippen LogP contribution is -2.44. The van der Waals surface area contributed by atoms with Crippen LogP contribution in [0.1, 0.15) is 34.1 Å². The van der Waals surface area contributed by atoms with E-state index >= 15 is 0 Å². The van der Waals surface area contributed by atoms with Crippen LogP contribution in [0.3, 0.4) is 0 Å². The molecule has 0 aliphatic heterocycles. The summed E-state index contributed by atoms with van der Waals surface area (Å²) in [6.45, 7) is 3.75. The Morgan fingerprint density at radius 3 is 2.50 bits per heavy atom. The molecule has 0 aromatic carbocycles. The number of aliphatic carboxylic acids is 1. The number of rotatable bonds is 6. The van der Waals surface area contributed by atoms with E-state index in [2.05, 4.69) is 4.99 Å². The normalized spacial score (nSPS) is 15.6. The van der Waals surface area contributed by atoms with Crippen LogP contribution in [0.25, 0.3) is 0 Å². The van der Waals surface area contributed by atoms with Crippen molar-refractivity contribution >= 4 is 11.8 Å². The molecule has 0 aliphatic rings. The minimum Gasteiger partial charge on any atom is -0.480 e. The Labute approximate surface area is 97.2 Å². The van der Waals surface area contributed by atoms with Crippen LogP contribution in [-0.2, 0) is 4.79 Å². The lowest BCUT2D eigenvalue weighted by atomic mass is 9.97. The maximum atomic E-state index is 10.6. The summed E-state index contributed by atoms with van der Waals surface area (Å²) in [4.78, 5) is 14.6. The molecule has 0 saturated carbocycles. The molecule has 94 valence electrons. The van der Waals surface area contributed by atoms with Gasteiger partial charge in [-0.2, -0.15) is 0 Å². The van der Waals surface area contributed by atoms with Gasteiger partial charge in [-0.05, 0) is 26.7 Å². The summed E-state index contributed by atoms with van der Waals surface area (Å²) in [6.07, 6.45) is 4.73. The lowest BCUT2D eigenvalue weighted by molar-refractivity contribution is -0.142. The molecule has 0 fully saturated rings. The van der Waals surface area contributed by atoms with Crippen LogP contribution in [-0.4, -0.2) is 29.0 Å². The maximum absolute atomic E-state index is 10.6. The van der Waals surface area contributed by atoms with E-state index in [1.54, 1.807) is 6.92 Å². The Kier molecular flexibility index (Phi) is 8.39. The SMILES string of the molecule is C.CC(N)=NC/C=C\CC[C@](C)(N)C(=O)O. The molecule has 0 rings (SSSR count). The number of hydrogen-bond donors (Lipinski definition) is 3. The van der Waals surface area contributed by atoms with Crippen LogP contribution < -0.4 is 11.5 Å². The van der Waals surface area contributed by atoms with Crippen LogP contribution in [0.5, 0.6) is 0 Å². The van der Waals surface area contributed by atoms with Crippen molar-refractivity contribution < 1.29 is 9.90 Å². The van der Waals surface area contributed by atoms with Crippen LogP contribution in [0, 0.1) is 0 Å².